The monoisotopic (exact) mass is 349 g/mol. The average Bonchev–Trinajstić information content (AvgIpc) is 2.60. The largest absolute Gasteiger partial charge is 0.468 e. The van der Waals surface area contributed by atoms with E-state index in [1.54, 1.807) is 6.07 Å². The van der Waals surface area contributed by atoms with Crippen molar-refractivity contribution in [2.45, 2.75) is 11.4 Å². The number of hydrogen-bond donors (Lipinski definition) is 1. The number of sulfonamides is 1. The van der Waals surface area contributed by atoms with E-state index in [4.69, 9.17) is 0 Å². The number of methoxy groups -OCH3 is 1. The molecule has 2 rings (SSSR count). The van der Waals surface area contributed by atoms with Crippen LogP contribution in [0.15, 0.2) is 53.6 Å². The van der Waals surface area contributed by atoms with Gasteiger partial charge in [0.1, 0.15) is 17.3 Å². The first kappa shape index (κ1) is 17.9. The average molecular weight is 349 g/mol. The van der Waals surface area contributed by atoms with Crippen molar-refractivity contribution < 1.29 is 17.9 Å². The molecule has 128 valence electrons. The van der Waals surface area contributed by atoms with E-state index in [1.165, 1.54) is 19.4 Å². The van der Waals surface area contributed by atoms with Gasteiger partial charge in [-0.25, -0.2) is 13.4 Å². The summed E-state index contributed by atoms with van der Waals surface area (Å²) < 4.78 is 30.7. The summed E-state index contributed by atoms with van der Waals surface area (Å²) in [6, 6.07) is 12.9. The smallest absolute Gasteiger partial charge is 0.320 e. The molecule has 0 unspecified atom stereocenters. The second-order valence-electron chi connectivity index (χ2n) is 5.09. The Bertz CT molecular complexity index is 777. The second-order valence-corrected chi connectivity index (χ2v) is 6.86. The molecule has 24 heavy (non-hydrogen) atoms. The lowest BCUT2D eigenvalue weighted by atomic mass is 10.2. The summed E-state index contributed by atoms with van der Waals surface area (Å²) in [6.45, 7) is 0.231. The number of aromatic nitrogens is 1. The Balaban J connectivity index is 2.05. The fourth-order valence-corrected chi connectivity index (χ4v) is 2.92. The van der Waals surface area contributed by atoms with Gasteiger partial charge in [-0.1, -0.05) is 30.3 Å². The number of nitrogens with zero attached hydrogens (tertiary/aromatic N) is 2. The zero-order valence-corrected chi connectivity index (χ0v) is 14.3. The van der Waals surface area contributed by atoms with Gasteiger partial charge in [-0.3, -0.25) is 4.79 Å². The standard InChI is InChI=1S/C16H19N3O4S/c1-19(12-13-6-4-3-5-7-13)15-9-8-14(10-17-15)24(21,22)18-11-16(20)23-2/h3-10,18H,11-12H2,1-2H3. The molecule has 0 bridgehead atoms. The Morgan fingerprint density at radius 1 is 1.21 bits per heavy atom. The van der Waals surface area contributed by atoms with E-state index >= 15 is 0 Å². The number of anilines is 1. The quantitative estimate of drug-likeness (QED) is 0.755. The maximum absolute atomic E-state index is 12.1. The fraction of sp³-hybridized carbons (Fsp3) is 0.250. The molecule has 0 aliphatic carbocycles. The van der Waals surface area contributed by atoms with E-state index in [-0.39, 0.29) is 4.90 Å². The third-order valence-corrected chi connectivity index (χ3v) is 4.71. The molecule has 7 nitrogen and oxygen atoms in total. The van der Waals surface area contributed by atoms with Gasteiger partial charge >= 0.3 is 5.97 Å². The third kappa shape index (κ3) is 4.77. The Labute approximate surface area is 141 Å². The van der Waals surface area contributed by atoms with Gasteiger partial charge in [0, 0.05) is 19.8 Å². The minimum atomic E-state index is -3.80. The van der Waals surface area contributed by atoms with Crippen LogP contribution in [0.3, 0.4) is 0 Å². The molecule has 1 N–H and O–H groups in total. The molecule has 2 aromatic rings. The van der Waals surface area contributed by atoms with E-state index in [9.17, 15) is 13.2 Å². The van der Waals surface area contributed by atoms with Crippen LogP contribution in [0.2, 0.25) is 0 Å². The van der Waals surface area contributed by atoms with Gasteiger partial charge in [0.15, 0.2) is 0 Å². The number of benzene rings is 1. The highest BCUT2D eigenvalue weighted by Gasteiger charge is 2.16. The summed E-state index contributed by atoms with van der Waals surface area (Å²) in [5.74, 6) is -0.0171. The van der Waals surface area contributed by atoms with E-state index in [2.05, 4.69) is 14.4 Å². The van der Waals surface area contributed by atoms with Gasteiger partial charge in [0.05, 0.1) is 7.11 Å². The number of esters is 1. The van der Waals surface area contributed by atoms with E-state index < -0.39 is 22.5 Å². The lowest BCUT2D eigenvalue weighted by Crippen LogP contribution is -2.30. The molecule has 0 aliphatic heterocycles. The molecule has 0 amide bonds. The maximum Gasteiger partial charge on any atom is 0.320 e. The van der Waals surface area contributed by atoms with E-state index in [0.29, 0.717) is 12.4 Å². The fourth-order valence-electron chi connectivity index (χ4n) is 2.00. The maximum atomic E-state index is 12.1. The predicted octanol–water partition coefficient (Wildman–Crippen LogP) is 1.17. The van der Waals surface area contributed by atoms with Crippen molar-refractivity contribution in [3.63, 3.8) is 0 Å². The van der Waals surface area contributed by atoms with Crippen LogP contribution < -0.4 is 9.62 Å². The highest BCUT2D eigenvalue weighted by molar-refractivity contribution is 7.89. The molecule has 0 saturated heterocycles. The van der Waals surface area contributed by atoms with Crippen LogP contribution in [0.4, 0.5) is 5.82 Å². The van der Waals surface area contributed by atoms with Gasteiger partial charge in [-0.2, -0.15) is 4.72 Å². The molecule has 1 aromatic carbocycles. The SMILES string of the molecule is COC(=O)CNS(=O)(=O)c1ccc(N(C)Cc2ccccc2)nc1. The summed E-state index contributed by atoms with van der Waals surface area (Å²) in [4.78, 5) is 17.1. The summed E-state index contributed by atoms with van der Waals surface area (Å²) in [5, 5.41) is 0. The van der Waals surface area contributed by atoms with Gasteiger partial charge in [0.2, 0.25) is 10.0 Å². The number of carbonyl (C=O) groups is 1. The lowest BCUT2D eigenvalue weighted by molar-refractivity contribution is -0.139. The van der Waals surface area contributed by atoms with Crippen molar-refractivity contribution in [2.75, 3.05) is 25.6 Å². The minimum absolute atomic E-state index is 0.0109. The second kappa shape index (κ2) is 7.89. The predicted molar refractivity (Wildman–Crippen MR) is 90.0 cm³/mol. The Kier molecular flexibility index (Phi) is 5.88. The molecule has 0 saturated carbocycles. The number of hydrogen-bond acceptors (Lipinski definition) is 6. The normalized spacial score (nSPS) is 11.1. The molecule has 0 radical (unpaired) electrons. The van der Waals surface area contributed by atoms with Gasteiger partial charge in [-0.15, -0.1) is 0 Å². The number of rotatable bonds is 7. The highest BCUT2D eigenvalue weighted by atomic mass is 32.2. The Hall–Kier alpha value is -2.45. The summed E-state index contributed by atoms with van der Waals surface area (Å²) >= 11 is 0. The van der Waals surface area contributed by atoms with Crippen molar-refractivity contribution in [3.8, 4) is 0 Å². The topological polar surface area (TPSA) is 88.6 Å². The summed E-state index contributed by atoms with van der Waals surface area (Å²) in [7, 11) is -0.735. The lowest BCUT2D eigenvalue weighted by Gasteiger charge is -2.18. The summed E-state index contributed by atoms with van der Waals surface area (Å²) in [6.07, 6.45) is 1.26. The van der Waals surface area contributed by atoms with Crippen LogP contribution >= 0.6 is 0 Å². The first-order valence-corrected chi connectivity index (χ1v) is 8.68. The van der Waals surface area contributed by atoms with Crippen molar-refractivity contribution in [2.24, 2.45) is 0 Å². The third-order valence-electron chi connectivity index (χ3n) is 3.32. The number of pyridine rings is 1. The van der Waals surface area contributed by atoms with Crippen molar-refractivity contribution >= 4 is 21.8 Å². The molecular weight excluding hydrogens is 330 g/mol. The van der Waals surface area contributed by atoms with Crippen molar-refractivity contribution in [1.82, 2.24) is 9.71 Å². The van der Waals surface area contributed by atoms with Crippen molar-refractivity contribution in [3.05, 3.63) is 54.2 Å². The van der Waals surface area contributed by atoms with Gasteiger partial charge < -0.3 is 9.64 Å². The van der Waals surface area contributed by atoms with Crippen molar-refractivity contribution in [1.29, 1.82) is 0 Å². The Morgan fingerprint density at radius 3 is 2.50 bits per heavy atom. The van der Waals surface area contributed by atoms with Crippen LogP contribution in [0.25, 0.3) is 0 Å². The molecule has 1 heterocycles. The molecule has 8 heteroatoms. The number of nitrogens with one attached hydrogen (secondary N) is 1. The van der Waals surface area contributed by atoms with Crippen LogP contribution in [-0.4, -0.2) is 40.1 Å². The zero-order chi connectivity index (χ0) is 17.6. The molecule has 0 spiro atoms. The molecule has 0 fully saturated rings. The minimum Gasteiger partial charge on any atom is -0.468 e. The Morgan fingerprint density at radius 2 is 1.92 bits per heavy atom. The molecular formula is C16H19N3O4S. The molecule has 1 aromatic heterocycles. The summed E-state index contributed by atoms with van der Waals surface area (Å²) in [5.41, 5.74) is 1.12. The van der Waals surface area contributed by atoms with Gasteiger partial charge in [-0.05, 0) is 17.7 Å². The van der Waals surface area contributed by atoms with E-state index in [0.717, 1.165) is 5.56 Å². The zero-order valence-electron chi connectivity index (χ0n) is 13.5. The number of carbonyl (C=O) groups excluding carboxylic acids is 1. The first-order valence-electron chi connectivity index (χ1n) is 7.20. The number of ether oxygens (including phenoxy) is 1. The van der Waals surface area contributed by atoms with Crippen LogP contribution in [0.5, 0.6) is 0 Å². The van der Waals surface area contributed by atoms with Gasteiger partial charge in [0.25, 0.3) is 0 Å². The van der Waals surface area contributed by atoms with Crippen LogP contribution in [0.1, 0.15) is 5.56 Å². The highest BCUT2D eigenvalue weighted by Crippen LogP contribution is 2.15. The molecule has 0 aliphatic rings. The first-order chi connectivity index (χ1) is 11.4. The van der Waals surface area contributed by atoms with Crippen LogP contribution in [-0.2, 0) is 26.1 Å². The molecule has 0 atom stereocenters. The van der Waals surface area contributed by atoms with E-state index in [1.807, 2.05) is 42.3 Å². The van der Waals surface area contributed by atoms with Crippen LogP contribution in [0, 0.1) is 0 Å².